The molecule has 1 aliphatic heterocycles. The van der Waals surface area contributed by atoms with Crippen LogP contribution in [0.15, 0.2) is 21.1 Å². The van der Waals surface area contributed by atoms with Crippen LogP contribution in [0, 0.1) is 5.92 Å². The van der Waals surface area contributed by atoms with Crippen molar-refractivity contribution >= 4 is 43.6 Å². The van der Waals surface area contributed by atoms with E-state index in [1.807, 2.05) is 0 Å². The summed E-state index contributed by atoms with van der Waals surface area (Å²) in [6.07, 6.45) is 1.35. The summed E-state index contributed by atoms with van der Waals surface area (Å²) in [5, 5.41) is 3.54. The predicted molar refractivity (Wildman–Crippen MR) is 85.5 cm³/mol. The van der Waals surface area contributed by atoms with Crippen LogP contribution in [0.1, 0.15) is 12.0 Å². The number of hydrogen-bond acceptors (Lipinski definition) is 3. The molecule has 18 heavy (non-hydrogen) atoms. The molecule has 0 saturated carbocycles. The van der Waals surface area contributed by atoms with E-state index in [1.54, 1.807) is 7.11 Å². The predicted octanol–water partition coefficient (Wildman–Crippen LogP) is 4.06. The lowest BCUT2D eigenvalue weighted by molar-refractivity contribution is 0.409. The minimum absolute atomic E-state index is 0.847. The molecule has 1 aliphatic rings. The Bertz CT molecular complexity index is 385. The van der Waals surface area contributed by atoms with E-state index >= 15 is 0 Å². The maximum Gasteiger partial charge on any atom is 0.147 e. The van der Waals surface area contributed by atoms with E-state index in [2.05, 4.69) is 61.1 Å². The SMILES string of the molecule is COc1c(Br)cc(CNCC2CCSC2)cc1Br. The summed E-state index contributed by atoms with van der Waals surface area (Å²) < 4.78 is 7.29. The van der Waals surface area contributed by atoms with Crippen molar-refractivity contribution in [3.8, 4) is 5.75 Å². The van der Waals surface area contributed by atoms with Crippen molar-refractivity contribution in [2.45, 2.75) is 13.0 Å². The molecule has 1 aromatic rings. The van der Waals surface area contributed by atoms with Crippen LogP contribution in [0.5, 0.6) is 5.75 Å². The van der Waals surface area contributed by atoms with Gasteiger partial charge in [0.2, 0.25) is 0 Å². The Kier molecular flexibility index (Phi) is 5.86. The zero-order valence-electron chi connectivity index (χ0n) is 10.3. The van der Waals surface area contributed by atoms with Crippen LogP contribution in [0.3, 0.4) is 0 Å². The maximum atomic E-state index is 5.30. The number of nitrogens with one attached hydrogen (secondary N) is 1. The van der Waals surface area contributed by atoms with Gasteiger partial charge < -0.3 is 10.1 Å². The number of ether oxygens (including phenoxy) is 1. The molecule has 1 N–H and O–H groups in total. The van der Waals surface area contributed by atoms with Gasteiger partial charge in [0.1, 0.15) is 5.75 Å². The number of benzene rings is 1. The first kappa shape index (κ1) is 14.7. The van der Waals surface area contributed by atoms with Crippen LogP contribution in [0.25, 0.3) is 0 Å². The number of hydrogen-bond donors (Lipinski definition) is 1. The highest BCUT2D eigenvalue weighted by Gasteiger charge is 2.14. The van der Waals surface area contributed by atoms with Gasteiger partial charge in [-0.25, -0.2) is 0 Å². The van der Waals surface area contributed by atoms with Gasteiger partial charge in [0.15, 0.2) is 0 Å². The molecule has 0 aromatic heterocycles. The molecule has 1 heterocycles. The Morgan fingerprint density at radius 1 is 1.39 bits per heavy atom. The van der Waals surface area contributed by atoms with Crippen LogP contribution in [-0.2, 0) is 6.54 Å². The lowest BCUT2D eigenvalue weighted by atomic mass is 10.1. The summed E-state index contributed by atoms with van der Waals surface area (Å²) in [5.41, 5.74) is 1.26. The smallest absolute Gasteiger partial charge is 0.147 e. The Morgan fingerprint density at radius 3 is 2.67 bits per heavy atom. The average Bonchev–Trinajstić information content (AvgIpc) is 2.82. The highest BCUT2D eigenvalue weighted by atomic mass is 79.9. The third kappa shape index (κ3) is 3.89. The Balaban J connectivity index is 1.89. The minimum atomic E-state index is 0.847. The topological polar surface area (TPSA) is 21.3 Å². The molecule has 2 nitrogen and oxygen atoms in total. The van der Waals surface area contributed by atoms with E-state index in [0.717, 1.165) is 33.7 Å². The quantitative estimate of drug-likeness (QED) is 0.813. The molecule has 100 valence electrons. The first-order chi connectivity index (χ1) is 8.70. The highest BCUT2D eigenvalue weighted by molar-refractivity contribution is 9.11. The zero-order chi connectivity index (χ0) is 13.0. The van der Waals surface area contributed by atoms with Crippen LogP contribution >= 0.6 is 43.6 Å². The number of rotatable bonds is 5. The lowest BCUT2D eigenvalue weighted by Crippen LogP contribution is -2.22. The molecule has 0 amide bonds. The third-order valence-electron chi connectivity index (χ3n) is 3.05. The normalized spacial score (nSPS) is 19.2. The monoisotopic (exact) mass is 393 g/mol. The second-order valence-electron chi connectivity index (χ2n) is 4.45. The summed E-state index contributed by atoms with van der Waals surface area (Å²) in [7, 11) is 1.68. The summed E-state index contributed by atoms with van der Waals surface area (Å²) in [6.45, 7) is 2.02. The summed E-state index contributed by atoms with van der Waals surface area (Å²) in [4.78, 5) is 0. The fourth-order valence-electron chi connectivity index (χ4n) is 2.07. The van der Waals surface area contributed by atoms with E-state index in [-0.39, 0.29) is 0 Å². The fraction of sp³-hybridized carbons (Fsp3) is 0.538. The van der Waals surface area contributed by atoms with Crippen molar-refractivity contribution in [1.29, 1.82) is 0 Å². The highest BCUT2D eigenvalue weighted by Crippen LogP contribution is 2.34. The van der Waals surface area contributed by atoms with E-state index in [1.165, 1.54) is 23.5 Å². The van der Waals surface area contributed by atoms with Crippen molar-refractivity contribution in [1.82, 2.24) is 5.32 Å². The molecule has 1 atom stereocenters. The van der Waals surface area contributed by atoms with Gasteiger partial charge in [-0.05, 0) is 79.9 Å². The first-order valence-corrected chi connectivity index (χ1v) is 8.75. The second kappa shape index (κ2) is 7.17. The number of halogens is 2. The van der Waals surface area contributed by atoms with Gasteiger partial charge in [-0.1, -0.05) is 0 Å². The molecule has 1 fully saturated rings. The van der Waals surface area contributed by atoms with Crippen molar-refractivity contribution < 1.29 is 4.74 Å². The molecule has 0 aliphatic carbocycles. The Labute approximate surface area is 130 Å². The largest absolute Gasteiger partial charge is 0.494 e. The molecular formula is C13H17Br2NOS. The minimum Gasteiger partial charge on any atom is -0.494 e. The van der Waals surface area contributed by atoms with Gasteiger partial charge in [-0.3, -0.25) is 0 Å². The fourth-order valence-corrected chi connectivity index (χ4v) is 4.96. The van der Waals surface area contributed by atoms with Gasteiger partial charge in [0, 0.05) is 6.54 Å². The molecule has 0 radical (unpaired) electrons. The van der Waals surface area contributed by atoms with Crippen molar-refractivity contribution in [2.75, 3.05) is 25.2 Å². The summed E-state index contributed by atoms with van der Waals surface area (Å²) in [5.74, 6) is 4.33. The average molecular weight is 395 g/mol. The van der Waals surface area contributed by atoms with Crippen molar-refractivity contribution in [3.63, 3.8) is 0 Å². The van der Waals surface area contributed by atoms with Crippen molar-refractivity contribution in [3.05, 3.63) is 26.6 Å². The Hall–Kier alpha value is 0.290. The zero-order valence-corrected chi connectivity index (χ0v) is 14.3. The number of methoxy groups -OCH3 is 1. The summed E-state index contributed by atoms with van der Waals surface area (Å²) >= 11 is 9.13. The number of thioether (sulfide) groups is 1. The summed E-state index contributed by atoms with van der Waals surface area (Å²) in [6, 6.07) is 4.22. The van der Waals surface area contributed by atoms with Crippen LogP contribution in [0.2, 0.25) is 0 Å². The Morgan fingerprint density at radius 2 is 2.11 bits per heavy atom. The van der Waals surface area contributed by atoms with Crippen LogP contribution < -0.4 is 10.1 Å². The molecule has 2 rings (SSSR count). The van der Waals surface area contributed by atoms with E-state index in [4.69, 9.17) is 4.74 Å². The van der Waals surface area contributed by atoms with Gasteiger partial charge >= 0.3 is 0 Å². The molecule has 0 spiro atoms. The first-order valence-electron chi connectivity index (χ1n) is 6.01. The van der Waals surface area contributed by atoms with Crippen molar-refractivity contribution in [2.24, 2.45) is 5.92 Å². The van der Waals surface area contributed by atoms with Gasteiger partial charge in [-0.15, -0.1) is 0 Å². The molecule has 0 bridgehead atoms. The van der Waals surface area contributed by atoms with E-state index < -0.39 is 0 Å². The van der Waals surface area contributed by atoms with Crippen LogP contribution in [0.4, 0.5) is 0 Å². The van der Waals surface area contributed by atoms with Gasteiger partial charge in [0.25, 0.3) is 0 Å². The third-order valence-corrected chi connectivity index (χ3v) is 5.46. The van der Waals surface area contributed by atoms with Crippen LogP contribution in [-0.4, -0.2) is 25.2 Å². The van der Waals surface area contributed by atoms with Gasteiger partial charge in [-0.2, -0.15) is 11.8 Å². The van der Waals surface area contributed by atoms with E-state index in [0.29, 0.717) is 0 Å². The maximum absolute atomic E-state index is 5.30. The lowest BCUT2D eigenvalue weighted by Gasteiger charge is -2.12. The van der Waals surface area contributed by atoms with E-state index in [9.17, 15) is 0 Å². The molecule has 1 unspecified atom stereocenters. The molecule has 1 saturated heterocycles. The standard InChI is InChI=1S/C13H17Br2NOS/c1-17-13-11(14)4-10(5-12(13)15)7-16-6-9-2-3-18-8-9/h4-5,9,16H,2-3,6-8H2,1H3. The molecule has 5 heteroatoms. The van der Waals surface area contributed by atoms with Gasteiger partial charge in [0.05, 0.1) is 16.1 Å². The molecular weight excluding hydrogens is 378 g/mol. The molecule has 1 aromatic carbocycles. The second-order valence-corrected chi connectivity index (χ2v) is 7.31.